The molecule has 1 aromatic heterocycles. The Hall–Kier alpha value is -3.43. The summed E-state index contributed by atoms with van der Waals surface area (Å²) in [6.45, 7) is 2.08. The summed E-state index contributed by atoms with van der Waals surface area (Å²) in [7, 11) is 5.66. The highest BCUT2D eigenvalue weighted by Crippen LogP contribution is 2.38. The number of methoxy groups -OCH3 is 4. The van der Waals surface area contributed by atoms with Crippen LogP contribution in [0.5, 0.6) is 11.5 Å². The molecule has 0 saturated carbocycles. The Kier molecular flexibility index (Phi) is 8.53. The lowest BCUT2D eigenvalue weighted by Crippen LogP contribution is -2.17. The van der Waals surface area contributed by atoms with Crippen LogP contribution in [-0.4, -0.2) is 57.7 Å². The first-order valence-electron chi connectivity index (χ1n) is 9.80. The van der Waals surface area contributed by atoms with Crippen molar-refractivity contribution < 1.29 is 38.1 Å². The minimum atomic E-state index is -0.444. The monoisotopic (exact) mass is 436 g/mol. The molecule has 0 unspecified atom stereocenters. The van der Waals surface area contributed by atoms with Gasteiger partial charge in [-0.1, -0.05) is 0 Å². The molecule has 2 heterocycles. The molecule has 1 aromatic rings. The third-order valence-corrected chi connectivity index (χ3v) is 4.57. The molecule has 2 N–H and O–H groups in total. The summed E-state index contributed by atoms with van der Waals surface area (Å²) >= 11 is 0. The highest BCUT2D eigenvalue weighted by atomic mass is 16.5. The van der Waals surface area contributed by atoms with Crippen LogP contribution in [0.4, 0.5) is 0 Å². The van der Waals surface area contributed by atoms with Crippen molar-refractivity contribution in [2.24, 2.45) is 0 Å². The summed E-state index contributed by atoms with van der Waals surface area (Å²) in [5.41, 5.74) is 0.998. The number of hydrogen-bond donors (Lipinski definition) is 2. The van der Waals surface area contributed by atoms with Crippen LogP contribution in [0.15, 0.2) is 17.2 Å². The Balaban J connectivity index is 2.24. The van der Waals surface area contributed by atoms with Crippen LogP contribution in [0.2, 0.25) is 0 Å². The number of ketones is 1. The van der Waals surface area contributed by atoms with Crippen LogP contribution in [0.3, 0.4) is 0 Å². The van der Waals surface area contributed by atoms with E-state index in [9.17, 15) is 14.4 Å². The zero-order chi connectivity index (χ0) is 23.0. The Morgan fingerprint density at radius 2 is 1.55 bits per heavy atom. The molecule has 0 aromatic carbocycles. The van der Waals surface area contributed by atoms with E-state index in [0.29, 0.717) is 36.6 Å². The molecule has 10 nitrogen and oxygen atoms in total. The van der Waals surface area contributed by atoms with Crippen LogP contribution in [0.1, 0.15) is 48.8 Å². The van der Waals surface area contributed by atoms with Gasteiger partial charge in [-0.25, -0.2) is 0 Å². The van der Waals surface area contributed by atoms with Gasteiger partial charge in [-0.15, -0.1) is 0 Å². The number of nitrogens with one attached hydrogen (secondary N) is 2. The number of ether oxygens (including phenoxy) is 5. The summed E-state index contributed by atoms with van der Waals surface area (Å²) in [5, 5.41) is 2.65. The minimum Gasteiger partial charge on any atom is -0.491 e. The average molecular weight is 436 g/mol. The number of H-pyrrole nitrogens is 1. The first-order chi connectivity index (χ1) is 14.9. The lowest BCUT2D eigenvalue weighted by atomic mass is 10.1. The van der Waals surface area contributed by atoms with E-state index < -0.39 is 5.91 Å². The maximum absolute atomic E-state index is 12.8. The number of carbonyl (C=O) groups is 3. The van der Waals surface area contributed by atoms with Crippen LogP contribution >= 0.6 is 0 Å². The van der Waals surface area contributed by atoms with Gasteiger partial charge in [0.25, 0.3) is 5.91 Å². The molecule has 31 heavy (non-hydrogen) atoms. The van der Waals surface area contributed by atoms with Crippen molar-refractivity contribution in [2.45, 2.75) is 32.6 Å². The molecule has 1 aliphatic rings. The number of aromatic amines is 1. The molecule has 0 aliphatic carbocycles. The van der Waals surface area contributed by atoms with Gasteiger partial charge in [0.2, 0.25) is 5.76 Å². The van der Waals surface area contributed by atoms with Gasteiger partial charge in [-0.3, -0.25) is 14.4 Å². The number of unbranched alkanes of at least 4 members (excludes halogenated alkanes) is 1. The zero-order valence-corrected chi connectivity index (χ0v) is 18.4. The normalized spacial score (nSPS) is 14.5. The number of rotatable bonds is 12. The van der Waals surface area contributed by atoms with Gasteiger partial charge < -0.3 is 34.0 Å². The van der Waals surface area contributed by atoms with Crippen molar-refractivity contribution in [3.05, 3.63) is 28.6 Å². The van der Waals surface area contributed by atoms with Crippen molar-refractivity contribution in [1.82, 2.24) is 10.3 Å². The lowest BCUT2D eigenvalue weighted by molar-refractivity contribution is -0.143. The predicted molar refractivity (Wildman–Crippen MR) is 110 cm³/mol. The SMILES string of the molecule is CCOC(=O)CCCCC(=O)c1[nH]c(/C=C2\NC(=O)C(OC)=C2OC)c(OC)c1OC. The highest BCUT2D eigenvalue weighted by molar-refractivity contribution is 6.00. The fourth-order valence-electron chi connectivity index (χ4n) is 3.19. The smallest absolute Gasteiger partial charge is 0.305 e. The van der Waals surface area contributed by atoms with Crippen molar-refractivity contribution in [3.8, 4) is 11.5 Å². The summed E-state index contributed by atoms with van der Waals surface area (Å²) in [6, 6.07) is 0. The maximum atomic E-state index is 12.8. The van der Waals surface area contributed by atoms with E-state index in [0.717, 1.165) is 0 Å². The van der Waals surface area contributed by atoms with Gasteiger partial charge in [-0.05, 0) is 25.8 Å². The molecule has 0 saturated heterocycles. The largest absolute Gasteiger partial charge is 0.491 e. The molecule has 0 atom stereocenters. The second kappa shape index (κ2) is 11.1. The fourth-order valence-corrected chi connectivity index (χ4v) is 3.19. The second-order valence-electron chi connectivity index (χ2n) is 6.49. The fraction of sp³-hybridized carbons (Fsp3) is 0.476. The van der Waals surface area contributed by atoms with E-state index in [1.807, 2.05) is 0 Å². The molecule has 1 amide bonds. The summed E-state index contributed by atoms with van der Waals surface area (Å²) in [4.78, 5) is 39.2. The Labute approximate surface area is 180 Å². The molecule has 0 fully saturated rings. The number of carbonyl (C=O) groups excluding carboxylic acids is 3. The third-order valence-electron chi connectivity index (χ3n) is 4.57. The van der Waals surface area contributed by atoms with Crippen LogP contribution < -0.4 is 14.8 Å². The van der Waals surface area contributed by atoms with Crippen molar-refractivity contribution in [1.29, 1.82) is 0 Å². The van der Waals surface area contributed by atoms with E-state index in [4.69, 9.17) is 23.7 Å². The second-order valence-corrected chi connectivity index (χ2v) is 6.49. The number of hydrogen-bond acceptors (Lipinski definition) is 8. The van der Waals surface area contributed by atoms with E-state index in [1.54, 1.807) is 13.0 Å². The molecule has 170 valence electrons. The number of aromatic nitrogens is 1. The highest BCUT2D eigenvalue weighted by Gasteiger charge is 2.31. The Morgan fingerprint density at radius 3 is 2.13 bits per heavy atom. The molecule has 10 heteroatoms. The van der Waals surface area contributed by atoms with E-state index in [2.05, 4.69) is 10.3 Å². The molecular weight excluding hydrogens is 408 g/mol. The summed E-state index contributed by atoms with van der Waals surface area (Å²) in [6.07, 6.45) is 3.10. The molecule has 2 rings (SSSR count). The Morgan fingerprint density at radius 1 is 0.903 bits per heavy atom. The molecular formula is C21H28N2O8. The quantitative estimate of drug-likeness (QED) is 0.291. The Bertz CT molecular complexity index is 897. The predicted octanol–water partition coefficient (Wildman–Crippen LogP) is 2.31. The maximum Gasteiger partial charge on any atom is 0.305 e. The topological polar surface area (TPSA) is 125 Å². The van der Waals surface area contributed by atoms with Gasteiger partial charge in [-0.2, -0.15) is 0 Å². The number of Topliss-reactive ketones (excluding diaryl/α,β-unsaturated/α-hetero) is 1. The zero-order valence-electron chi connectivity index (χ0n) is 18.4. The van der Waals surface area contributed by atoms with E-state index in [1.165, 1.54) is 28.4 Å². The molecule has 1 aliphatic heterocycles. The van der Waals surface area contributed by atoms with Gasteiger partial charge in [0.15, 0.2) is 23.0 Å². The first-order valence-corrected chi connectivity index (χ1v) is 9.80. The average Bonchev–Trinajstić information content (AvgIpc) is 3.26. The van der Waals surface area contributed by atoms with Crippen LogP contribution in [-0.2, 0) is 23.8 Å². The van der Waals surface area contributed by atoms with E-state index in [-0.39, 0.29) is 47.6 Å². The number of esters is 1. The van der Waals surface area contributed by atoms with Gasteiger partial charge in [0, 0.05) is 12.8 Å². The third kappa shape index (κ3) is 5.39. The number of amides is 1. The molecule has 0 bridgehead atoms. The van der Waals surface area contributed by atoms with Crippen LogP contribution in [0, 0.1) is 0 Å². The van der Waals surface area contributed by atoms with Crippen LogP contribution in [0.25, 0.3) is 6.08 Å². The molecule has 0 spiro atoms. The molecule has 0 radical (unpaired) electrons. The van der Waals surface area contributed by atoms with Gasteiger partial charge in [0.05, 0.1) is 46.4 Å². The summed E-state index contributed by atoms with van der Waals surface area (Å²) in [5.74, 6) is -0.0808. The van der Waals surface area contributed by atoms with Crippen molar-refractivity contribution >= 4 is 23.7 Å². The summed E-state index contributed by atoms with van der Waals surface area (Å²) < 4.78 is 26.0. The standard InChI is InChI=1S/C21H28N2O8/c1-6-31-15(25)10-8-7-9-14(24)16-19(29-4)17(27-2)12(22-16)11-13-18(28-3)20(30-5)21(26)23-13/h11,22H,6-10H2,1-5H3,(H,23,26)/b13-11-. The first kappa shape index (κ1) is 23.8. The van der Waals surface area contributed by atoms with Gasteiger partial charge >= 0.3 is 5.97 Å². The van der Waals surface area contributed by atoms with Gasteiger partial charge in [0.1, 0.15) is 5.69 Å². The lowest BCUT2D eigenvalue weighted by Gasteiger charge is -2.06. The van der Waals surface area contributed by atoms with E-state index >= 15 is 0 Å². The van der Waals surface area contributed by atoms with Crippen molar-refractivity contribution in [2.75, 3.05) is 35.0 Å². The van der Waals surface area contributed by atoms with Crippen molar-refractivity contribution in [3.63, 3.8) is 0 Å². The minimum absolute atomic E-state index is 0.0455.